The third-order valence-corrected chi connectivity index (χ3v) is 5.80. The lowest BCUT2D eigenvalue weighted by molar-refractivity contribution is 0.121. The van der Waals surface area contributed by atoms with E-state index in [1.165, 1.54) is 0 Å². The first kappa shape index (κ1) is 13.7. The highest BCUT2D eigenvalue weighted by atomic mass is 32.2. The van der Waals surface area contributed by atoms with Crippen molar-refractivity contribution in [3.8, 4) is 0 Å². The Hall–Kier alpha value is -1.27. The Labute approximate surface area is 120 Å². The molecule has 20 heavy (non-hydrogen) atoms. The van der Waals surface area contributed by atoms with Gasteiger partial charge in [-0.15, -0.1) is 0 Å². The second kappa shape index (κ2) is 5.26. The van der Waals surface area contributed by atoms with Gasteiger partial charge in [0.1, 0.15) is 0 Å². The van der Waals surface area contributed by atoms with E-state index in [2.05, 4.69) is 9.62 Å². The molecule has 2 fully saturated rings. The topological polar surface area (TPSA) is 58.6 Å². The summed E-state index contributed by atoms with van der Waals surface area (Å²) in [5.74, 6) is 0. The summed E-state index contributed by atoms with van der Waals surface area (Å²) in [7, 11) is -1.43. The van der Waals surface area contributed by atoms with E-state index >= 15 is 0 Å². The molecule has 0 bridgehead atoms. The molecular weight excluding hydrogens is 276 g/mol. The lowest BCUT2D eigenvalue weighted by Gasteiger charge is -2.18. The molecule has 1 aromatic rings. The molecule has 1 heterocycles. The molecule has 0 radical (unpaired) electrons. The number of nitrogens with one attached hydrogen (secondary N) is 1. The smallest absolute Gasteiger partial charge is 0.235 e. The highest BCUT2D eigenvalue weighted by Crippen LogP contribution is 2.30. The lowest BCUT2D eigenvalue weighted by Crippen LogP contribution is -2.22. The molecule has 1 unspecified atom stereocenters. The summed E-state index contributed by atoms with van der Waals surface area (Å²) in [6, 6.07) is 7.58. The first-order chi connectivity index (χ1) is 9.58. The molecule has 1 atom stereocenters. The highest BCUT2D eigenvalue weighted by Gasteiger charge is 2.35. The predicted molar refractivity (Wildman–Crippen MR) is 79.6 cm³/mol. The van der Waals surface area contributed by atoms with Crippen molar-refractivity contribution >= 4 is 21.4 Å². The summed E-state index contributed by atoms with van der Waals surface area (Å²) in [6.45, 7) is 1.87. The molecule has 1 aliphatic heterocycles. The largest absolute Gasteiger partial charge is 0.380 e. The number of methoxy groups -OCH3 is 1. The Morgan fingerprint density at radius 1 is 1.20 bits per heavy atom. The van der Waals surface area contributed by atoms with Crippen LogP contribution >= 0.6 is 0 Å². The molecule has 1 aromatic carbocycles. The zero-order chi connectivity index (χ0) is 14.2. The molecule has 0 spiro atoms. The zero-order valence-electron chi connectivity index (χ0n) is 11.6. The van der Waals surface area contributed by atoms with E-state index < -0.39 is 10.0 Å². The maximum atomic E-state index is 11.8. The Bertz CT molecular complexity index is 567. The van der Waals surface area contributed by atoms with Gasteiger partial charge >= 0.3 is 0 Å². The molecule has 0 aromatic heterocycles. The molecular formula is C14H20N2O3S. The van der Waals surface area contributed by atoms with Crippen molar-refractivity contribution in [1.82, 2.24) is 0 Å². The minimum absolute atomic E-state index is 0.191. The van der Waals surface area contributed by atoms with Gasteiger partial charge in [-0.2, -0.15) is 0 Å². The van der Waals surface area contributed by atoms with E-state index in [1.807, 2.05) is 24.3 Å². The van der Waals surface area contributed by atoms with Crippen molar-refractivity contribution in [3.05, 3.63) is 24.3 Å². The molecule has 6 heteroatoms. The van der Waals surface area contributed by atoms with Gasteiger partial charge in [0.2, 0.25) is 10.0 Å². The van der Waals surface area contributed by atoms with E-state index in [0.29, 0.717) is 11.8 Å². The Morgan fingerprint density at radius 3 is 2.45 bits per heavy atom. The Morgan fingerprint density at radius 2 is 1.90 bits per heavy atom. The number of hydrogen-bond donors (Lipinski definition) is 1. The van der Waals surface area contributed by atoms with Crippen molar-refractivity contribution < 1.29 is 13.2 Å². The zero-order valence-corrected chi connectivity index (χ0v) is 12.4. The van der Waals surface area contributed by atoms with E-state index in [1.54, 1.807) is 7.11 Å². The van der Waals surface area contributed by atoms with Crippen LogP contribution in [0.25, 0.3) is 0 Å². The monoisotopic (exact) mass is 296 g/mol. The normalized spacial score (nSPS) is 23.1. The number of anilines is 2. The third-order valence-electron chi connectivity index (χ3n) is 3.93. The van der Waals surface area contributed by atoms with Gasteiger partial charge in [-0.3, -0.25) is 4.72 Å². The molecule has 3 rings (SSSR count). The SMILES string of the molecule is COC1CCN(c2ccc(NS(=O)(=O)C3CC3)cc2)C1. The van der Waals surface area contributed by atoms with E-state index in [0.717, 1.165) is 38.0 Å². The van der Waals surface area contributed by atoms with Crippen molar-refractivity contribution in [2.45, 2.75) is 30.6 Å². The number of benzene rings is 1. The second-order valence-electron chi connectivity index (χ2n) is 5.49. The van der Waals surface area contributed by atoms with Gasteiger partial charge in [0, 0.05) is 31.6 Å². The van der Waals surface area contributed by atoms with Crippen LogP contribution in [0.5, 0.6) is 0 Å². The summed E-state index contributed by atoms with van der Waals surface area (Å²) >= 11 is 0. The summed E-state index contributed by atoms with van der Waals surface area (Å²) in [5, 5.41) is -0.191. The van der Waals surface area contributed by atoms with Gasteiger partial charge in [0.15, 0.2) is 0 Å². The van der Waals surface area contributed by atoms with E-state index in [-0.39, 0.29) is 5.25 Å². The third kappa shape index (κ3) is 2.91. The molecule has 1 aliphatic carbocycles. The predicted octanol–water partition coefficient (Wildman–Crippen LogP) is 1.82. The fraction of sp³-hybridized carbons (Fsp3) is 0.571. The van der Waals surface area contributed by atoms with Gasteiger partial charge in [-0.1, -0.05) is 0 Å². The molecule has 1 saturated heterocycles. The molecule has 1 N–H and O–H groups in total. The number of ether oxygens (including phenoxy) is 1. The van der Waals surface area contributed by atoms with Crippen LogP contribution in [0.4, 0.5) is 11.4 Å². The summed E-state index contributed by atoms with van der Waals surface area (Å²) in [6.07, 6.45) is 2.88. The van der Waals surface area contributed by atoms with Crippen molar-refractivity contribution in [2.24, 2.45) is 0 Å². The average molecular weight is 296 g/mol. The number of nitrogens with zero attached hydrogens (tertiary/aromatic N) is 1. The van der Waals surface area contributed by atoms with Gasteiger partial charge in [-0.05, 0) is 43.5 Å². The minimum Gasteiger partial charge on any atom is -0.380 e. The molecule has 5 nitrogen and oxygen atoms in total. The first-order valence-corrected chi connectivity index (χ1v) is 8.52. The van der Waals surface area contributed by atoms with Crippen LogP contribution in [0.15, 0.2) is 24.3 Å². The summed E-state index contributed by atoms with van der Waals surface area (Å²) < 4.78 is 31.7. The van der Waals surface area contributed by atoms with Gasteiger partial charge < -0.3 is 9.64 Å². The van der Waals surface area contributed by atoms with E-state index in [4.69, 9.17) is 4.74 Å². The average Bonchev–Trinajstić information content (AvgIpc) is 3.19. The Balaban J connectivity index is 1.66. The Kier molecular flexibility index (Phi) is 3.60. The molecule has 2 aliphatic rings. The van der Waals surface area contributed by atoms with Crippen molar-refractivity contribution in [1.29, 1.82) is 0 Å². The second-order valence-corrected chi connectivity index (χ2v) is 7.45. The quantitative estimate of drug-likeness (QED) is 0.900. The van der Waals surface area contributed by atoms with Crippen LogP contribution in [0.3, 0.4) is 0 Å². The standard InChI is InChI=1S/C14H20N2O3S/c1-19-13-8-9-16(10-13)12-4-2-11(3-5-12)15-20(17,18)14-6-7-14/h2-5,13-15H,6-10H2,1H3. The molecule has 110 valence electrons. The van der Waals surface area contributed by atoms with Crippen LogP contribution in [0.1, 0.15) is 19.3 Å². The van der Waals surface area contributed by atoms with Crippen LogP contribution in [0.2, 0.25) is 0 Å². The number of rotatable bonds is 5. The van der Waals surface area contributed by atoms with Crippen LogP contribution in [-0.2, 0) is 14.8 Å². The van der Waals surface area contributed by atoms with Crippen molar-refractivity contribution in [2.75, 3.05) is 29.8 Å². The molecule has 0 amide bonds. The summed E-state index contributed by atoms with van der Waals surface area (Å²) in [4.78, 5) is 2.26. The number of hydrogen-bond acceptors (Lipinski definition) is 4. The van der Waals surface area contributed by atoms with Crippen LogP contribution < -0.4 is 9.62 Å². The fourth-order valence-electron chi connectivity index (χ4n) is 2.52. The maximum absolute atomic E-state index is 11.8. The highest BCUT2D eigenvalue weighted by molar-refractivity contribution is 7.93. The minimum atomic E-state index is -3.17. The number of sulfonamides is 1. The van der Waals surface area contributed by atoms with Gasteiger partial charge in [0.25, 0.3) is 0 Å². The first-order valence-electron chi connectivity index (χ1n) is 6.98. The van der Waals surface area contributed by atoms with E-state index in [9.17, 15) is 8.42 Å². The fourth-order valence-corrected chi connectivity index (χ4v) is 3.91. The molecule has 1 saturated carbocycles. The van der Waals surface area contributed by atoms with Gasteiger partial charge in [0.05, 0.1) is 11.4 Å². The lowest BCUT2D eigenvalue weighted by atomic mass is 10.2. The van der Waals surface area contributed by atoms with Crippen LogP contribution in [0, 0.1) is 0 Å². The van der Waals surface area contributed by atoms with Crippen molar-refractivity contribution in [3.63, 3.8) is 0 Å². The maximum Gasteiger partial charge on any atom is 0.235 e. The van der Waals surface area contributed by atoms with Crippen LogP contribution in [-0.4, -0.2) is 40.0 Å². The summed E-state index contributed by atoms with van der Waals surface area (Å²) in [5.41, 5.74) is 1.75. The van der Waals surface area contributed by atoms with Gasteiger partial charge in [-0.25, -0.2) is 8.42 Å².